The number of aromatic carboxylic acids is 1. The highest BCUT2D eigenvalue weighted by molar-refractivity contribution is 7.99. The molecule has 0 aromatic carbocycles. The molecule has 0 radical (unpaired) electrons. The molecule has 2 N–H and O–H groups in total. The number of carboxylic acid groups (broad SMARTS) is 1. The van der Waals surface area contributed by atoms with Gasteiger partial charge in [0.2, 0.25) is 5.76 Å². The van der Waals surface area contributed by atoms with Gasteiger partial charge in [-0.25, -0.2) is 4.79 Å². The van der Waals surface area contributed by atoms with E-state index < -0.39 is 5.97 Å². The fourth-order valence-electron chi connectivity index (χ4n) is 2.26. The van der Waals surface area contributed by atoms with E-state index >= 15 is 0 Å². The molecule has 1 aliphatic rings. The molecule has 2 atom stereocenters. The highest BCUT2D eigenvalue weighted by Gasteiger charge is 2.26. The normalized spacial score (nSPS) is 24.1. The van der Waals surface area contributed by atoms with Crippen LogP contribution in [0.25, 0.3) is 0 Å². The fourth-order valence-corrected chi connectivity index (χ4v) is 3.22. The molecule has 1 fully saturated rings. The number of rotatable bonds is 5. The summed E-state index contributed by atoms with van der Waals surface area (Å²) in [7, 11) is 0. The van der Waals surface area contributed by atoms with Crippen LogP contribution in [0.2, 0.25) is 0 Å². The number of nitrogens with one attached hydrogen (secondary N) is 1. The summed E-state index contributed by atoms with van der Waals surface area (Å²) >= 11 is 1.90. The zero-order valence-corrected chi connectivity index (χ0v) is 10.6. The van der Waals surface area contributed by atoms with E-state index in [1.54, 1.807) is 6.07 Å². The predicted octanol–water partition coefficient (Wildman–Crippen LogP) is 2.35. The van der Waals surface area contributed by atoms with Gasteiger partial charge < -0.3 is 14.8 Å². The van der Waals surface area contributed by atoms with Crippen LogP contribution in [-0.4, -0.2) is 28.6 Å². The zero-order valence-electron chi connectivity index (χ0n) is 9.81. The first kappa shape index (κ1) is 12.5. The smallest absolute Gasteiger partial charge is 0.371 e. The fraction of sp³-hybridized carbons (Fsp3) is 0.583. The van der Waals surface area contributed by atoms with E-state index in [1.165, 1.54) is 25.3 Å². The second kappa shape index (κ2) is 5.60. The monoisotopic (exact) mass is 255 g/mol. The van der Waals surface area contributed by atoms with Crippen molar-refractivity contribution in [2.45, 2.75) is 37.1 Å². The summed E-state index contributed by atoms with van der Waals surface area (Å²) < 4.78 is 5.20. The van der Waals surface area contributed by atoms with E-state index in [4.69, 9.17) is 9.52 Å². The highest BCUT2D eigenvalue weighted by atomic mass is 32.2. The minimum absolute atomic E-state index is 0.00892. The van der Waals surface area contributed by atoms with Crippen LogP contribution in [0.1, 0.15) is 35.6 Å². The van der Waals surface area contributed by atoms with Gasteiger partial charge in [-0.1, -0.05) is 6.42 Å². The third-order valence-corrected chi connectivity index (χ3v) is 4.34. The molecule has 4 nitrogen and oxygen atoms in total. The molecule has 0 saturated heterocycles. The minimum Gasteiger partial charge on any atom is -0.475 e. The van der Waals surface area contributed by atoms with E-state index in [0.717, 1.165) is 0 Å². The van der Waals surface area contributed by atoms with Gasteiger partial charge in [0.25, 0.3) is 0 Å². The predicted molar refractivity (Wildman–Crippen MR) is 67.4 cm³/mol. The maximum absolute atomic E-state index is 10.7. The molecule has 0 amide bonds. The van der Waals surface area contributed by atoms with Gasteiger partial charge in [0.05, 0.1) is 6.54 Å². The van der Waals surface area contributed by atoms with Crippen molar-refractivity contribution < 1.29 is 14.3 Å². The van der Waals surface area contributed by atoms with Crippen molar-refractivity contribution in [3.8, 4) is 0 Å². The molecule has 1 aromatic rings. The molecule has 0 aliphatic heterocycles. The van der Waals surface area contributed by atoms with Crippen molar-refractivity contribution in [1.29, 1.82) is 0 Å². The van der Waals surface area contributed by atoms with Crippen molar-refractivity contribution in [3.05, 3.63) is 23.7 Å². The molecule has 1 aliphatic carbocycles. The lowest BCUT2D eigenvalue weighted by Crippen LogP contribution is -2.33. The van der Waals surface area contributed by atoms with Crippen LogP contribution in [0.4, 0.5) is 0 Å². The standard InChI is InChI=1S/C12H17NO3S/c1-17-11-4-2-3-9(11)13-7-8-5-6-10(16-8)12(14)15/h5-6,9,11,13H,2-4,7H2,1H3,(H,14,15). The minimum atomic E-state index is -1.01. The van der Waals surface area contributed by atoms with Crippen molar-refractivity contribution >= 4 is 17.7 Å². The first-order chi connectivity index (χ1) is 8.20. The van der Waals surface area contributed by atoms with Crippen LogP contribution < -0.4 is 5.32 Å². The van der Waals surface area contributed by atoms with Crippen molar-refractivity contribution in [3.63, 3.8) is 0 Å². The summed E-state index contributed by atoms with van der Waals surface area (Å²) in [6, 6.07) is 3.74. The first-order valence-electron chi connectivity index (χ1n) is 5.79. The van der Waals surface area contributed by atoms with Gasteiger partial charge in [-0.05, 0) is 31.2 Å². The maximum Gasteiger partial charge on any atom is 0.371 e. The Labute approximate surface area is 105 Å². The Hall–Kier alpha value is -0.940. The number of thioether (sulfide) groups is 1. The second-order valence-corrected chi connectivity index (χ2v) is 5.34. The van der Waals surface area contributed by atoms with Crippen LogP contribution in [0.5, 0.6) is 0 Å². The Morgan fingerprint density at radius 3 is 3.06 bits per heavy atom. The quantitative estimate of drug-likeness (QED) is 0.845. The maximum atomic E-state index is 10.7. The molecule has 94 valence electrons. The van der Waals surface area contributed by atoms with Gasteiger partial charge in [-0.2, -0.15) is 11.8 Å². The van der Waals surface area contributed by atoms with Crippen LogP contribution in [0.15, 0.2) is 16.5 Å². The lowest BCUT2D eigenvalue weighted by Gasteiger charge is -2.18. The Morgan fingerprint density at radius 2 is 2.41 bits per heavy atom. The van der Waals surface area contributed by atoms with Crippen molar-refractivity contribution in [1.82, 2.24) is 5.32 Å². The lowest BCUT2D eigenvalue weighted by atomic mass is 10.2. The topological polar surface area (TPSA) is 62.5 Å². The highest BCUT2D eigenvalue weighted by Crippen LogP contribution is 2.28. The molecule has 1 heterocycles. The summed E-state index contributed by atoms with van der Waals surface area (Å²) in [5.41, 5.74) is 0. The molecular formula is C12H17NO3S. The van der Waals surface area contributed by atoms with Crippen LogP contribution in [0.3, 0.4) is 0 Å². The summed E-state index contributed by atoms with van der Waals surface area (Å²) in [4.78, 5) is 10.7. The molecule has 5 heteroatoms. The van der Waals surface area contributed by atoms with Crippen molar-refractivity contribution in [2.24, 2.45) is 0 Å². The van der Waals surface area contributed by atoms with Gasteiger partial charge in [-0.15, -0.1) is 0 Å². The molecule has 2 unspecified atom stereocenters. The number of carbonyl (C=O) groups is 1. The molecule has 17 heavy (non-hydrogen) atoms. The molecule has 2 rings (SSSR count). The number of carboxylic acids is 1. The second-order valence-electron chi connectivity index (χ2n) is 4.26. The largest absolute Gasteiger partial charge is 0.475 e. The van der Waals surface area contributed by atoms with Gasteiger partial charge in [0, 0.05) is 11.3 Å². The Kier molecular flexibility index (Phi) is 4.12. The third-order valence-electron chi connectivity index (χ3n) is 3.17. The SMILES string of the molecule is CSC1CCCC1NCc1ccc(C(=O)O)o1. The zero-order chi connectivity index (χ0) is 12.3. The van der Waals surface area contributed by atoms with Crippen LogP contribution >= 0.6 is 11.8 Å². The number of furan rings is 1. The summed E-state index contributed by atoms with van der Waals surface area (Å²) in [5.74, 6) is -0.317. The van der Waals surface area contributed by atoms with Gasteiger partial charge in [-0.3, -0.25) is 0 Å². The third kappa shape index (κ3) is 3.04. The molecule has 1 aromatic heterocycles. The average Bonchev–Trinajstić information content (AvgIpc) is 2.95. The van der Waals surface area contributed by atoms with Crippen LogP contribution in [-0.2, 0) is 6.54 Å². The summed E-state index contributed by atoms with van der Waals surface area (Å²) in [6.07, 6.45) is 5.86. The first-order valence-corrected chi connectivity index (χ1v) is 7.07. The Morgan fingerprint density at radius 1 is 1.59 bits per heavy atom. The number of hydrogen-bond donors (Lipinski definition) is 2. The van der Waals surface area contributed by atoms with Gasteiger partial charge >= 0.3 is 5.97 Å². The summed E-state index contributed by atoms with van der Waals surface area (Å²) in [6.45, 7) is 0.606. The molecule has 1 saturated carbocycles. The van der Waals surface area contributed by atoms with E-state index in [9.17, 15) is 4.79 Å². The van der Waals surface area contributed by atoms with E-state index in [2.05, 4.69) is 11.6 Å². The van der Waals surface area contributed by atoms with Crippen molar-refractivity contribution in [2.75, 3.05) is 6.26 Å². The molecular weight excluding hydrogens is 238 g/mol. The Balaban J connectivity index is 1.86. The lowest BCUT2D eigenvalue weighted by molar-refractivity contribution is 0.0660. The molecule has 0 spiro atoms. The van der Waals surface area contributed by atoms with Crippen LogP contribution in [0, 0.1) is 0 Å². The van der Waals surface area contributed by atoms with E-state index in [1.807, 2.05) is 11.8 Å². The number of hydrogen-bond acceptors (Lipinski definition) is 4. The van der Waals surface area contributed by atoms with E-state index in [0.29, 0.717) is 23.6 Å². The van der Waals surface area contributed by atoms with E-state index in [-0.39, 0.29) is 5.76 Å². The molecule has 0 bridgehead atoms. The Bertz CT molecular complexity index is 391. The van der Waals surface area contributed by atoms with Gasteiger partial charge in [0.1, 0.15) is 5.76 Å². The average molecular weight is 255 g/mol. The summed E-state index contributed by atoms with van der Waals surface area (Å²) in [5, 5.41) is 12.9. The van der Waals surface area contributed by atoms with Gasteiger partial charge in [0.15, 0.2) is 0 Å².